The van der Waals surface area contributed by atoms with Gasteiger partial charge in [-0.2, -0.15) is 13.2 Å². The molecule has 1 aromatic rings. The summed E-state index contributed by atoms with van der Waals surface area (Å²) in [6.07, 6.45) is -3.71. The van der Waals surface area contributed by atoms with Crippen LogP contribution in [0.4, 0.5) is 13.2 Å². The summed E-state index contributed by atoms with van der Waals surface area (Å²) in [7, 11) is 0. The Morgan fingerprint density at radius 3 is 2.37 bits per heavy atom. The Hall–Kier alpha value is -1.56. The van der Waals surface area contributed by atoms with Crippen LogP contribution >= 0.6 is 0 Å². The van der Waals surface area contributed by atoms with Crippen molar-refractivity contribution in [1.82, 2.24) is 5.32 Å². The largest absolute Gasteiger partial charge is 0.471 e. The third-order valence-corrected chi connectivity index (χ3v) is 3.18. The van der Waals surface area contributed by atoms with Crippen molar-refractivity contribution in [3.8, 4) is 0 Å². The SMILES string of the molecule is O=C(N[C@H](CC1(O)CC1)c1ccccc1)C(F)(F)F. The normalized spacial score (nSPS) is 18.7. The second-order valence-corrected chi connectivity index (χ2v) is 4.86. The third-order valence-electron chi connectivity index (χ3n) is 3.18. The fourth-order valence-electron chi connectivity index (χ4n) is 1.91. The smallest absolute Gasteiger partial charge is 0.390 e. The Kier molecular flexibility index (Phi) is 3.54. The number of hydrogen-bond donors (Lipinski definition) is 2. The van der Waals surface area contributed by atoms with Gasteiger partial charge in [0.2, 0.25) is 0 Å². The van der Waals surface area contributed by atoms with Gasteiger partial charge in [0.05, 0.1) is 11.6 Å². The summed E-state index contributed by atoms with van der Waals surface area (Å²) in [5, 5.41) is 11.8. The van der Waals surface area contributed by atoms with Gasteiger partial charge in [-0.15, -0.1) is 0 Å². The second-order valence-electron chi connectivity index (χ2n) is 4.86. The van der Waals surface area contributed by atoms with Crippen molar-refractivity contribution in [2.24, 2.45) is 0 Å². The molecule has 1 fully saturated rings. The molecular weight excluding hydrogens is 259 g/mol. The van der Waals surface area contributed by atoms with Gasteiger partial charge >= 0.3 is 12.1 Å². The molecule has 0 unspecified atom stereocenters. The Bertz CT molecular complexity index is 455. The Balaban J connectivity index is 2.13. The molecule has 0 radical (unpaired) electrons. The molecule has 1 saturated carbocycles. The fraction of sp³-hybridized carbons (Fsp3) is 0.462. The summed E-state index contributed by atoms with van der Waals surface area (Å²) >= 11 is 0. The number of benzene rings is 1. The topological polar surface area (TPSA) is 49.3 Å². The van der Waals surface area contributed by atoms with Crippen LogP contribution in [0.5, 0.6) is 0 Å². The summed E-state index contributed by atoms with van der Waals surface area (Å²) < 4.78 is 36.9. The van der Waals surface area contributed by atoms with Gasteiger partial charge in [-0.05, 0) is 18.4 Å². The number of carbonyl (C=O) groups excluding carboxylic acids is 1. The lowest BCUT2D eigenvalue weighted by atomic mass is 9.99. The second kappa shape index (κ2) is 4.85. The molecule has 104 valence electrons. The molecule has 0 aliphatic heterocycles. The quantitative estimate of drug-likeness (QED) is 0.884. The van der Waals surface area contributed by atoms with E-state index in [1.807, 2.05) is 5.32 Å². The first-order valence-corrected chi connectivity index (χ1v) is 5.95. The fourth-order valence-corrected chi connectivity index (χ4v) is 1.91. The summed E-state index contributed by atoms with van der Waals surface area (Å²) in [5.74, 6) is -1.98. The molecule has 19 heavy (non-hydrogen) atoms. The summed E-state index contributed by atoms with van der Waals surface area (Å²) in [5.41, 5.74) is -0.389. The highest BCUT2D eigenvalue weighted by atomic mass is 19.4. The number of rotatable bonds is 4. The molecule has 1 aliphatic carbocycles. The van der Waals surface area contributed by atoms with Gasteiger partial charge in [-0.1, -0.05) is 30.3 Å². The standard InChI is InChI=1S/C13H14F3NO2/c14-13(15,16)11(18)17-10(8-12(19)6-7-12)9-4-2-1-3-5-9/h1-5,10,19H,6-8H2,(H,17,18)/t10-/m1/s1. The van der Waals surface area contributed by atoms with E-state index in [0.717, 1.165) is 0 Å². The lowest BCUT2D eigenvalue weighted by Gasteiger charge is -2.22. The number of alkyl halides is 3. The van der Waals surface area contributed by atoms with Crippen LogP contribution in [0.15, 0.2) is 30.3 Å². The van der Waals surface area contributed by atoms with E-state index in [1.54, 1.807) is 30.3 Å². The Labute approximate surface area is 108 Å². The molecule has 0 spiro atoms. The molecule has 0 aromatic heterocycles. The van der Waals surface area contributed by atoms with Gasteiger partial charge in [-0.3, -0.25) is 4.79 Å². The molecule has 3 nitrogen and oxygen atoms in total. The average molecular weight is 273 g/mol. The van der Waals surface area contributed by atoms with Gasteiger partial charge in [0.15, 0.2) is 0 Å². The van der Waals surface area contributed by atoms with Gasteiger partial charge in [-0.25, -0.2) is 0 Å². The number of hydrogen-bond acceptors (Lipinski definition) is 2. The van der Waals surface area contributed by atoms with E-state index in [9.17, 15) is 23.1 Å². The molecule has 0 saturated heterocycles. The highest BCUT2D eigenvalue weighted by Gasteiger charge is 2.45. The van der Waals surface area contributed by atoms with Gasteiger partial charge in [0.1, 0.15) is 0 Å². The van der Waals surface area contributed by atoms with Crippen LogP contribution in [0, 0.1) is 0 Å². The van der Waals surface area contributed by atoms with Gasteiger partial charge in [0.25, 0.3) is 0 Å². The van der Waals surface area contributed by atoms with E-state index >= 15 is 0 Å². The molecule has 1 aliphatic rings. The zero-order chi connectivity index (χ0) is 14.1. The Morgan fingerprint density at radius 1 is 1.32 bits per heavy atom. The highest BCUT2D eigenvalue weighted by Crippen LogP contribution is 2.42. The third kappa shape index (κ3) is 3.70. The van der Waals surface area contributed by atoms with Gasteiger partial charge in [0, 0.05) is 6.42 Å². The molecule has 1 atom stereocenters. The van der Waals surface area contributed by atoms with Crippen molar-refractivity contribution in [1.29, 1.82) is 0 Å². The van der Waals surface area contributed by atoms with Crippen LogP contribution in [-0.2, 0) is 4.79 Å². The van der Waals surface area contributed by atoms with Crippen LogP contribution in [0.2, 0.25) is 0 Å². The number of carbonyl (C=O) groups is 1. The predicted octanol–water partition coefficient (Wildman–Crippen LogP) is 2.32. The van der Waals surface area contributed by atoms with Crippen molar-refractivity contribution < 1.29 is 23.1 Å². The molecule has 0 bridgehead atoms. The molecule has 0 heterocycles. The molecule has 1 amide bonds. The average Bonchev–Trinajstić information content (AvgIpc) is 3.06. The van der Waals surface area contributed by atoms with Crippen LogP contribution in [-0.4, -0.2) is 22.8 Å². The van der Waals surface area contributed by atoms with Crippen molar-refractivity contribution in [3.63, 3.8) is 0 Å². The first-order valence-electron chi connectivity index (χ1n) is 5.95. The van der Waals surface area contributed by atoms with Crippen molar-refractivity contribution in [2.45, 2.75) is 37.1 Å². The minimum Gasteiger partial charge on any atom is -0.390 e. The zero-order valence-corrected chi connectivity index (χ0v) is 10.1. The molecule has 1 aromatic carbocycles. The maximum absolute atomic E-state index is 12.3. The minimum atomic E-state index is -4.92. The van der Waals surface area contributed by atoms with Crippen molar-refractivity contribution in [2.75, 3.05) is 0 Å². The highest BCUT2D eigenvalue weighted by molar-refractivity contribution is 5.82. The van der Waals surface area contributed by atoms with E-state index in [4.69, 9.17) is 0 Å². The van der Waals surface area contributed by atoms with Crippen LogP contribution < -0.4 is 5.32 Å². The van der Waals surface area contributed by atoms with Crippen LogP contribution in [0.3, 0.4) is 0 Å². The predicted molar refractivity (Wildman–Crippen MR) is 62.2 cm³/mol. The van der Waals surface area contributed by atoms with Crippen LogP contribution in [0.25, 0.3) is 0 Å². The monoisotopic (exact) mass is 273 g/mol. The number of amides is 1. The Morgan fingerprint density at radius 2 is 1.89 bits per heavy atom. The van der Waals surface area contributed by atoms with E-state index in [1.165, 1.54) is 0 Å². The zero-order valence-electron chi connectivity index (χ0n) is 10.1. The number of halogens is 3. The minimum absolute atomic E-state index is 0.0961. The van der Waals surface area contributed by atoms with E-state index in [2.05, 4.69) is 0 Å². The van der Waals surface area contributed by atoms with Crippen LogP contribution in [0.1, 0.15) is 30.9 Å². The maximum atomic E-state index is 12.3. The summed E-state index contributed by atoms with van der Waals surface area (Å²) in [6.45, 7) is 0. The summed E-state index contributed by atoms with van der Waals surface area (Å²) in [6, 6.07) is 7.53. The maximum Gasteiger partial charge on any atom is 0.471 e. The first kappa shape index (κ1) is 13.9. The molecular formula is C13H14F3NO2. The number of aliphatic hydroxyl groups is 1. The number of nitrogens with one attached hydrogen (secondary N) is 1. The van der Waals surface area contributed by atoms with Crippen molar-refractivity contribution >= 4 is 5.91 Å². The van der Waals surface area contributed by atoms with E-state index in [0.29, 0.717) is 18.4 Å². The van der Waals surface area contributed by atoms with E-state index in [-0.39, 0.29) is 6.42 Å². The molecule has 2 N–H and O–H groups in total. The molecule has 2 rings (SSSR count). The van der Waals surface area contributed by atoms with Gasteiger partial charge < -0.3 is 10.4 Å². The van der Waals surface area contributed by atoms with E-state index < -0.39 is 23.7 Å². The lowest BCUT2D eigenvalue weighted by molar-refractivity contribution is -0.174. The first-order chi connectivity index (χ1) is 8.80. The summed E-state index contributed by atoms with van der Waals surface area (Å²) in [4.78, 5) is 11.0. The van der Waals surface area contributed by atoms with Crippen molar-refractivity contribution in [3.05, 3.63) is 35.9 Å². The lowest BCUT2D eigenvalue weighted by Crippen LogP contribution is -2.40. The molecule has 6 heteroatoms.